The van der Waals surface area contributed by atoms with Crippen LogP contribution in [-0.2, 0) is 6.54 Å². The molecule has 0 unspecified atom stereocenters. The molecule has 0 aliphatic heterocycles. The van der Waals surface area contributed by atoms with Gasteiger partial charge in [-0.3, -0.25) is 4.79 Å². The number of aromatic nitrogens is 2. The van der Waals surface area contributed by atoms with E-state index in [0.29, 0.717) is 5.82 Å². The van der Waals surface area contributed by atoms with Crippen molar-refractivity contribution in [1.29, 1.82) is 0 Å². The number of hydrogen-bond donors (Lipinski definition) is 1. The first-order chi connectivity index (χ1) is 11.6. The van der Waals surface area contributed by atoms with Crippen molar-refractivity contribution in [3.8, 4) is 11.4 Å². The highest BCUT2D eigenvalue weighted by Crippen LogP contribution is 2.20. The molecule has 3 rings (SSSR count). The molecule has 5 nitrogen and oxygen atoms in total. The molecule has 3 aromatic rings. The van der Waals surface area contributed by atoms with Crippen molar-refractivity contribution in [2.24, 2.45) is 0 Å². The highest BCUT2D eigenvalue weighted by Gasteiger charge is 2.17. The molecular formula is C17H13ClFN3O2. The van der Waals surface area contributed by atoms with Gasteiger partial charge in [0, 0.05) is 5.56 Å². The molecule has 122 valence electrons. The van der Waals surface area contributed by atoms with Crippen molar-refractivity contribution in [2.45, 2.75) is 13.5 Å². The highest BCUT2D eigenvalue weighted by atomic mass is 35.5. The SMILES string of the molecule is Cc1ccccc1-c1noc(CNC(=O)c2c(F)cccc2Cl)n1. The van der Waals surface area contributed by atoms with Crippen molar-refractivity contribution in [3.05, 3.63) is 70.3 Å². The Morgan fingerprint density at radius 1 is 1.25 bits per heavy atom. The molecule has 0 spiro atoms. The maximum atomic E-state index is 13.7. The summed E-state index contributed by atoms with van der Waals surface area (Å²) >= 11 is 5.86. The van der Waals surface area contributed by atoms with Gasteiger partial charge in [-0.25, -0.2) is 4.39 Å². The van der Waals surface area contributed by atoms with Gasteiger partial charge in [0.25, 0.3) is 5.91 Å². The van der Waals surface area contributed by atoms with E-state index in [0.717, 1.165) is 11.1 Å². The molecule has 0 aliphatic rings. The van der Waals surface area contributed by atoms with Gasteiger partial charge in [-0.05, 0) is 24.6 Å². The predicted octanol–water partition coefficient (Wildman–Crippen LogP) is 3.77. The Hall–Kier alpha value is -2.73. The summed E-state index contributed by atoms with van der Waals surface area (Å²) in [6.45, 7) is 1.91. The Morgan fingerprint density at radius 3 is 2.79 bits per heavy atom. The second kappa shape index (κ2) is 6.80. The Morgan fingerprint density at radius 2 is 2.04 bits per heavy atom. The van der Waals surface area contributed by atoms with Gasteiger partial charge >= 0.3 is 0 Å². The summed E-state index contributed by atoms with van der Waals surface area (Å²) in [4.78, 5) is 16.3. The van der Waals surface area contributed by atoms with Gasteiger partial charge < -0.3 is 9.84 Å². The van der Waals surface area contributed by atoms with Gasteiger partial charge in [0.05, 0.1) is 17.1 Å². The van der Waals surface area contributed by atoms with Crippen LogP contribution in [0.25, 0.3) is 11.4 Å². The lowest BCUT2D eigenvalue weighted by atomic mass is 10.1. The third-order valence-corrected chi connectivity index (χ3v) is 3.76. The summed E-state index contributed by atoms with van der Waals surface area (Å²) in [5.41, 5.74) is 1.64. The van der Waals surface area contributed by atoms with E-state index < -0.39 is 11.7 Å². The molecule has 2 aromatic carbocycles. The van der Waals surface area contributed by atoms with Gasteiger partial charge in [0.2, 0.25) is 11.7 Å². The first-order valence-electron chi connectivity index (χ1n) is 7.17. The largest absolute Gasteiger partial charge is 0.343 e. The molecule has 1 heterocycles. The zero-order valence-electron chi connectivity index (χ0n) is 12.7. The number of halogens is 2. The fraction of sp³-hybridized carbons (Fsp3) is 0.118. The second-order valence-electron chi connectivity index (χ2n) is 5.11. The van der Waals surface area contributed by atoms with E-state index >= 15 is 0 Å². The summed E-state index contributed by atoms with van der Waals surface area (Å²) < 4.78 is 18.8. The van der Waals surface area contributed by atoms with Crippen LogP contribution in [0, 0.1) is 12.7 Å². The second-order valence-corrected chi connectivity index (χ2v) is 5.51. The van der Waals surface area contributed by atoms with Crippen molar-refractivity contribution >= 4 is 17.5 Å². The van der Waals surface area contributed by atoms with Gasteiger partial charge in [0.1, 0.15) is 5.82 Å². The van der Waals surface area contributed by atoms with E-state index in [2.05, 4.69) is 15.5 Å². The number of nitrogens with one attached hydrogen (secondary N) is 1. The maximum Gasteiger partial charge on any atom is 0.256 e. The average Bonchev–Trinajstić information content (AvgIpc) is 3.02. The number of benzene rings is 2. The lowest BCUT2D eigenvalue weighted by Gasteiger charge is -2.05. The van der Waals surface area contributed by atoms with E-state index in [4.69, 9.17) is 16.1 Å². The van der Waals surface area contributed by atoms with E-state index in [1.807, 2.05) is 31.2 Å². The fourth-order valence-corrected chi connectivity index (χ4v) is 2.47. The first kappa shape index (κ1) is 16.1. The number of carbonyl (C=O) groups is 1. The Kier molecular flexibility index (Phi) is 4.57. The smallest absolute Gasteiger partial charge is 0.256 e. The summed E-state index contributed by atoms with van der Waals surface area (Å²) in [6.07, 6.45) is 0. The summed E-state index contributed by atoms with van der Waals surface area (Å²) in [7, 11) is 0. The first-order valence-corrected chi connectivity index (χ1v) is 7.55. The summed E-state index contributed by atoms with van der Waals surface area (Å²) in [5.74, 6) is -0.685. The quantitative estimate of drug-likeness (QED) is 0.781. The fourth-order valence-electron chi connectivity index (χ4n) is 2.22. The van der Waals surface area contributed by atoms with Crippen LogP contribution in [0.3, 0.4) is 0 Å². The number of nitrogens with zero attached hydrogens (tertiary/aromatic N) is 2. The average molecular weight is 346 g/mol. The molecule has 24 heavy (non-hydrogen) atoms. The van der Waals surface area contributed by atoms with Crippen LogP contribution in [-0.4, -0.2) is 16.0 Å². The van der Waals surface area contributed by atoms with Crippen LogP contribution >= 0.6 is 11.6 Å². The number of aryl methyl sites for hydroxylation is 1. The topological polar surface area (TPSA) is 68.0 Å². The summed E-state index contributed by atoms with van der Waals surface area (Å²) in [6, 6.07) is 11.7. The Labute approximate surface area is 142 Å². The molecule has 0 bridgehead atoms. The van der Waals surface area contributed by atoms with Crippen molar-refractivity contribution < 1.29 is 13.7 Å². The van der Waals surface area contributed by atoms with Gasteiger partial charge in [-0.2, -0.15) is 4.98 Å². The van der Waals surface area contributed by atoms with Gasteiger partial charge in [0.15, 0.2) is 0 Å². The number of hydrogen-bond acceptors (Lipinski definition) is 4. The summed E-state index contributed by atoms with van der Waals surface area (Å²) in [5, 5.41) is 6.45. The monoisotopic (exact) mass is 345 g/mol. The van der Waals surface area contributed by atoms with E-state index in [1.165, 1.54) is 18.2 Å². The lowest BCUT2D eigenvalue weighted by molar-refractivity contribution is 0.0942. The van der Waals surface area contributed by atoms with Crippen LogP contribution in [0.4, 0.5) is 4.39 Å². The van der Waals surface area contributed by atoms with Crippen LogP contribution in [0.1, 0.15) is 21.8 Å². The molecule has 0 saturated heterocycles. The van der Waals surface area contributed by atoms with Gasteiger partial charge in [-0.15, -0.1) is 0 Å². The standard InChI is InChI=1S/C17H13ClFN3O2/c1-10-5-2-3-6-11(10)16-21-14(24-22-16)9-20-17(23)15-12(18)7-4-8-13(15)19/h2-8H,9H2,1H3,(H,20,23). The molecule has 0 saturated carbocycles. The third kappa shape index (κ3) is 3.28. The van der Waals surface area contributed by atoms with Crippen LogP contribution in [0.15, 0.2) is 47.0 Å². The zero-order valence-corrected chi connectivity index (χ0v) is 13.5. The molecule has 0 fully saturated rings. The van der Waals surface area contributed by atoms with Gasteiger partial charge in [-0.1, -0.05) is 47.1 Å². The van der Waals surface area contributed by atoms with E-state index in [-0.39, 0.29) is 23.0 Å². The number of rotatable bonds is 4. The number of amides is 1. The van der Waals surface area contributed by atoms with Crippen molar-refractivity contribution in [3.63, 3.8) is 0 Å². The normalized spacial score (nSPS) is 10.6. The highest BCUT2D eigenvalue weighted by molar-refractivity contribution is 6.33. The predicted molar refractivity (Wildman–Crippen MR) is 87.1 cm³/mol. The molecule has 1 N–H and O–H groups in total. The van der Waals surface area contributed by atoms with Crippen LogP contribution < -0.4 is 5.32 Å². The Bertz CT molecular complexity index is 875. The molecule has 0 aliphatic carbocycles. The molecule has 0 atom stereocenters. The van der Waals surface area contributed by atoms with Crippen molar-refractivity contribution in [2.75, 3.05) is 0 Å². The molecule has 7 heteroatoms. The maximum absolute atomic E-state index is 13.7. The molecular weight excluding hydrogens is 333 g/mol. The minimum absolute atomic E-state index is 0.0254. The number of carbonyl (C=O) groups excluding carboxylic acids is 1. The van der Waals surface area contributed by atoms with E-state index in [1.54, 1.807) is 0 Å². The molecule has 1 aromatic heterocycles. The molecule has 0 radical (unpaired) electrons. The third-order valence-electron chi connectivity index (χ3n) is 3.44. The van der Waals surface area contributed by atoms with Crippen molar-refractivity contribution in [1.82, 2.24) is 15.5 Å². The minimum Gasteiger partial charge on any atom is -0.343 e. The minimum atomic E-state index is -0.689. The molecule has 1 amide bonds. The van der Waals surface area contributed by atoms with E-state index in [9.17, 15) is 9.18 Å². The zero-order chi connectivity index (χ0) is 17.1. The van der Waals surface area contributed by atoms with Crippen LogP contribution in [0.5, 0.6) is 0 Å². The van der Waals surface area contributed by atoms with Crippen LogP contribution in [0.2, 0.25) is 5.02 Å². The Balaban J connectivity index is 1.72. The lowest BCUT2D eigenvalue weighted by Crippen LogP contribution is -2.24.